The Kier molecular flexibility index (Phi) is 10.5. The molecule has 0 spiro atoms. The van der Waals surface area contributed by atoms with Crippen molar-refractivity contribution >= 4 is 51.6 Å². The number of benzene rings is 1. The van der Waals surface area contributed by atoms with E-state index < -0.39 is 15.6 Å². The van der Waals surface area contributed by atoms with E-state index in [2.05, 4.69) is 30.3 Å². The molecular formula is C30H37ClN6O5S. The summed E-state index contributed by atoms with van der Waals surface area (Å²) >= 11 is 6.05. The van der Waals surface area contributed by atoms with Crippen LogP contribution in [0.3, 0.4) is 0 Å². The minimum atomic E-state index is -3.93. The summed E-state index contributed by atoms with van der Waals surface area (Å²) in [4.78, 5) is 25.0. The number of alkyl carbamates (subject to hydrolysis) is 1. The molecule has 11 nitrogen and oxygen atoms in total. The van der Waals surface area contributed by atoms with Crippen LogP contribution in [-0.2, 0) is 14.8 Å². The first kappa shape index (κ1) is 32.0. The Bertz CT molecular complexity index is 1540. The summed E-state index contributed by atoms with van der Waals surface area (Å²) in [5, 5.41) is 6.39. The second kappa shape index (κ2) is 14.0. The van der Waals surface area contributed by atoms with Crippen molar-refractivity contribution in [3.8, 4) is 5.88 Å². The molecule has 1 amide bonds. The van der Waals surface area contributed by atoms with Crippen LogP contribution in [-0.4, -0.2) is 54.8 Å². The van der Waals surface area contributed by atoms with Gasteiger partial charge in [-0.05, 0) is 82.7 Å². The molecule has 2 aromatic heterocycles. The topological polar surface area (TPSA) is 144 Å². The van der Waals surface area contributed by atoms with Crippen LogP contribution in [0.2, 0.25) is 5.02 Å². The van der Waals surface area contributed by atoms with Crippen LogP contribution in [0.1, 0.15) is 57.6 Å². The number of amides is 1. The lowest BCUT2D eigenvalue weighted by atomic mass is 9.86. The highest BCUT2D eigenvalue weighted by atomic mass is 35.5. The second-order valence-corrected chi connectivity index (χ2v) is 13.3. The number of halogens is 1. The Labute approximate surface area is 257 Å². The lowest BCUT2D eigenvalue weighted by Crippen LogP contribution is -2.37. The molecular weight excluding hydrogens is 592 g/mol. The summed E-state index contributed by atoms with van der Waals surface area (Å²) in [7, 11) is -2.47. The van der Waals surface area contributed by atoms with Crippen molar-refractivity contribution in [1.29, 1.82) is 0 Å². The molecule has 1 aliphatic rings. The molecule has 1 fully saturated rings. The second-order valence-electron chi connectivity index (χ2n) is 11.2. The van der Waals surface area contributed by atoms with Gasteiger partial charge in [0.1, 0.15) is 16.3 Å². The molecule has 230 valence electrons. The van der Waals surface area contributed by atoms with Crippen molar-refractivity contribution in [2.24, 2.45) is 5.92 Å². The average molecular weight is 629 g/mol. The molecule has 0 aliphatic heterocycles. The summed E-state index contributed by atoms with van der Waals surface area (Å²) in [5.41, 5.74) is 0.910. The number of rotatable bonds is 10. The van der Waals surface area contributed by atoms with E-state index in [1.165, 1.54) is 19.2 Å². The summed E-state index contributed by atoms with van der Waals surface area (Å²) in [6.07, 6.45) is 10.6. The molecule has 0 bridgehead atoms. The van der Waals surface area contributed by atoms with E-state index in [0.717, 1.165) is 31.2 Å². The molecule has 4 rings (SSSR count). The molecule has 1 saturated carbocycles. The third-order valence-electron chi connectivity index (χ3n) is 6.69. The van der Waals surface area contributed by atoms with Gasteiger partial charge in [-0.3, -0.25) is 4.72 Å². The SMILES string of the molecule is COc1nc(NS(=O)(=O)c2ccccc2Cl)ccc1/C=C/c1cnc(NC2CCC(CNC(=O)OC(C)(C)C)CC2)nc1. The molecule has 0 atom stereocenters. The zero-order valence-corrected chi connectivity index (χ0v) is 26.2. The quantitative estimate of drug-likeness (QED) is 0.246. The number of carbonyl (C=O) groups is 1. The first-order valence-electron chi connectivity index (χ1n) is 14.0. The third kappa shape index (κ3) is 9.55. The first-order valence-corrected chi connectivity index (χ1v) is 15.8. The van der Waals surface area contributed by atoms with Crippen LogP contribution in [0, 0.1) is 5.92 Å². The number of aromatic nitrogens is 3. The van der Waals surface area contributed by atoms with E-state index in [4.69, 9.17) is 21.1 Å². The van der Waals surface area contributed by atoms with E-state index in [9.17, 15) is 13.2 Å². The Morgan fingerprint density at radius 3 is 2.40 bits per heavy atom. The molecule has 3 N–H and O–H groups in total. The summed E-state index contributed by atoms with van der Waals surface area (Å²) in [6, 6.07) is 9.68. The van der Waals surface area contributed by atoms with Gasteiger partial charge in [-0.15, -0.1) is 0 Å². The van der Waals surface area contributed by atoms with Gasteiger partial charge in [0.2, 0.25) is 11.8 Å². The van der Waals surface area contributed by atoms with E-state index >= 15 is 0 Å². The van der Waals surface area contributed by atoms with Gasteiger partial charge in [0.15, 0.2) is 0 Å². The lowest BCUT2D eigenvalue weighted by molar-refractivity contribution is 0.0515. The minimum Gasteiger partial charge on any atom is -0.481 e. The van der Waals surface area contributed by atoms with Crippen molar-refractivity contribution in [3.63, 3.8) is 0 Å². The lowest BCUT2D eigenvalue weighted by Gasteiger charge is -2.29. The predicted molar refractivity (Wildman–Crippen MR) is 168 cm³/mol. The molecule has 0 radical (unpaired) electrons. The summed E-state index contributed by atoms with van der Waals surface area (Å²) in [6.45, 7) is 6.16. The van der Waals surface area contributed by atoms with E-state index in [-0.39, 0.29) is 33.8 Å². The molecule has 1 aromatic carbocycles. The van der Waals surface area contributed by atoms with Gasteiger partial charge in [-0.1, -0.05) is 29.8 Å². The highest BCUT2D eigenvalue weighted by Crippen LogP contribution is 2.27. The van der Waals surface area contributed by atoms with E-state index in [0.29, 0.717) is 24.0 Å². The standard InChI is InChI=1S/C30H37ClN6O5S/c1-30(2,3)42-29(38)34-17-20-10-14-23(15-11-20)35-28-32-18-21(19-33-28)9-12-22-13-16-26(36-27(22)41-4)37-43(39,40)25-8-6-5-7-24(25)31/h5-9,12-13,16,18-20,23H,10-11,14-15,17H2,1-4H3,(H,34,38)(H,36,37)(H,32,33,35)/b12-9+. The zero-order valence-electron chi connectivity index (χ0n) is 24.6. The van der Waals surface area contributed by atoms with Gasteiger partial charge in [0, 0.05) is 36.1 Å². The van der Waals surface area contributed by atoms with Gasteiger partial charge in [-0.2, -0.15) is 4.98 Å². The maximum atomic E-state index is 12.7. The normalized spacial score (nSPS) is 17.3. The van der Waals surface area contributed by atoms with Gasteiger partial charge in [0.25, 0.3) is 10.0 Å². The predicted octanol–water partition coefficient (Wildman–Crippen LogP) is 6.00. The summed E-state index contributed by atoms with van der Waals surface area (Å²) in [5.74, 6) is 1.32. The van der Waals surface area contributed by atoms with Crippen LogP contribution in [0.5, 0.6) is 5.88 Å². The smallest absolute Gasteiger partial charge is 0.407 e. The number of hydrogen-bond donors (Lipinski definition) is 3. The maximum Gasteiger partial charge on any atom is 0.407 e. The Balaban J connectivity index is 1.28. The van der Waals surface area contributed by atoms with Crippen molar-refractivity contribution in [1.82, 2.24) is 20.3 Å². The van der Waals surface area contributed by atoms with Crippen LogP contribution >= 0.6 is 11.6 Å². The number of ether oxygens (including phenoxy) is 2. The van der Waals surface area contributed by atoms with Crippen molar-refractivity contribution in [2.45, 2.75) is 63.0 Å². The highest BCUT2D eigenvalue weighted by Gasteiger charge is 2.23. The number of nitrogens with zero attached hydrogens (tertiary/aromatic N) is 3. The van der Waals surface area contributed by atoms with Gasteiger partial charge < -0.3 is 20.1 Å². The zero-order chi connectivity index (χ0) is 31.0. The first-order chi connectivity index (χ1) is 20.4. The minimum absolute atomic E-state index is 0.0420. The molecule has 0 unspecified atom stereocenters. The van der Waals surface area contributed by atoms with Crippen molar-refractivity contribution < 1.29 is 22.7 Å². The fraction of sp³-hybridized carbons (Fsp3) is 0.400. The molecule has 1 aliphatic carbocycles. The van der Waals surface area contributed by atoms with E-state index in [1.54, 1.807) is 42.7 Å². The fourth-order valence-corrected chi connectivity index (χ4v) is 6.10. The molecule has 43 heavy (non-hydrogen) atoms. The Morgan fingerprint density at radius 1 is 1.05 bits per heavy atom. The number of hydrogen-bond acceptors (Lipinski definition) is 9. The highest BCUT2D eigenvalue weighted by molar-refractivity contribution is 7.92. The van der Waals surface area contributed by atoms with Gasteiger partial charge in [-0.25, -0.2) is 23.2 Å². The third-order valence-corrected chi connectivity index (χ3v) is 8.54. The molecule has 0 saturated heterocycles. The fourth-order valence-electron chi connectivity index (χ4n) is 4.57. The molecule has 2 heterocycles. The Hall–Kier alpha value is -3.90. The number of methoxy groups -OCH3 is 1. The van der Waals surface area contributed by atoms with E-state index in [1.807, 2.05) is 26.8 Å². The maximum absolute atomic E-state index is 12.7. The van der Waals surface area contributed by atoms with Gasteiger partial charge >= 0.3 is 6.09 Å². The number of anilines is 2. The van der Waals surface area contributed by atoms with Gasteiger partial charge in [0.05, 0.1) is 12.1 Å². The largest absolute Gasteiger partial charge is 0.481 e. The number of sulfonamides is 1. The van der Waals surface area contributed by atoms with Crippen LogP contribution < -0.4 is 20.1 Å². The Morgan fingerprint density at radius 2 is 1.74 bits per heavy atom. The average Bonchev–Trinajstić information content (AvgIpc) is 2.96. The van der Waals surface area contributed by atoms with Crippen molar-refractivity contribution in [3.05, 3.63) is 64.9 Å². The van der Waals surface area contributed by atoms with Crippen LogP contribution in [0.25, 0.3) is 12.2 Å². The monoisotopic (exact) mass is 628 g/mol. The van der Waals surface area contributed by atoms with Crippen LogP contribution in [0.4, 0.5) is 16.6 Å². The van der Waals surface area contributed by atoms with Crippen molar-refractivity contribution in [2.75, 3.05) is 23.7 Å². The summed E-state index contributed by atoms with van der Waals surface area (Å²) < 4.78 is 38.6. The van der Waals surface area contributed by atoms with Crippen LogP contribution in [0.15, 0.2) is 53.7 Å². The number of pyridine rings is 1. The molecule has 3 aromatic rings. The number of carbonyl (C=O) groups excluding carboxylic acids is 1. The molecule has 13 heteroatoms. The number of nitrogens with one attached hydrogen (secondary N) is 3.